The molecule has 0 bridgehead atoms. The second kappa shape index (κ2) is 7.90. The zero-order valence-electron chi connectivity index (χ0n) is 15.6. The molecule has 4 aromatic rings. The van der Waals surface area contributed by atoms with Crippen LogP contribution >= 0.6 is 0 Å². The van der Waals surface area contributed by atoms with Crippen molar-refractivity contribution >= 4 is 34.8 Å². The van der Waals surface area contributed by atoms with Crippen molar-refractivity contribution in [2.45, 2.75) is 6.92 Å². The smallest absolute Gasteiger partial charge is 0.276 e. The topological polar surface area (TPSA) is 81.5 Å². The van der Waals surface area contributed by atoms with E-state index in [0.717, 1.165) is 27.9 Å². The molecule has 0 aliphatic rings. The Kier molecular flexibility index (Phi) is 4.99. The summed E-state index contributed by atoms with van der Waals surface area (Å²) in [6, 6.07) is 20.0. The molecular formula is C23H17N3O3. The number of nitrogens with zero attached hydrogens (tertiary/aromatic N) is 3. The van der Waals surface area contributed by atoms with E-state index in [2.05, 4.69) is 9.98 Å². The SMILES string of the molecule is Cc1c(N=C/C=C/c2ccccc2[N+](=O)[O-])cccc1-c1nc2ccccc2o1. The van der Waals surface area contributed by atoms with E-state index in [4.69, 9.17) is 4.42 Å². The Morgan fingerprint density at radius 2 is 1.83 bits per heavy atom. The molecule has 0 atom stereocenters. The normalized spacial score (nSPS) is 11.6. The van der Waals surface area contributed by atoms with Gasteiger partial charge in [-0.05, 0) is 55.0 Å². The fourth-order valence-corrected chi connectivity index (χ4v) is 3.05. The maximum atomic E-state index is 11.1. The number of hydrogen-bond acceptors (Lipinski definition) is 5. The highest BCUT2D eigenvalue weighted by Crippen LogP contribution is 2.31. The highest BCUT2D eigenvalue weighted by molar-refractivity contribution is 5.83. The minimum atomic E-state index is -0.398. The molecule has 0 fully saturated rings. The van der Waals surface area contributed by atoms with Crippen molar-refractivity contribution in [2.75, 3.05) is 0 Å². The first kappa shape index (κ1) is 18.3. The fourth-order valence-electron chi connectivity index (χ4n) is 3.05. The molecular weight excluding hydrogens is 366 g/mol. The van der Waals surface area contributed by atoms with E-state index in [1.807, 2.05) is 49.4 Å². The number of oxazole rings is 1. The number of aliphatic imine (C=N–C) groups is 1. The van der Waals surface area contributed by atoms with Crippen molar-refractivity contribution in [3.05, 3.63) is 94.0 Å². The minimum Gasteiger partial charge on any atom is -0.436 e. The lowest BCUT2D eigenvalue weighted by Crippen LogP contribution is -1.90. The summed E-state index contributed by atoms with van der Waals surface area (Å²) in [5.41, 5.74) is 4.73. The summed E-state index contributed by atoms with van der Waals surface area (Å²) in [5, 5.41) is 11.1. The number of aromatic nitrogens is 1. The number of hydrogen-bond donors (Lipinski definition) is 0. The van der Waals surface area contributed by atoms with Gasteiger partial charge in [-0.1, -0.05) is 30.3 Å². The van der Waals surface area contributed by atoms with Gasteiger partial charge in [0.1, 0.15) is 5.52 Å². The van der Waals surface area contributed by atoms with E-state index in [1.165, 1.54) is 6.07 Å². The molecule has 0 amide bonds. The summed E-state index contributed by atoms with van der Waals surface area (Å²) in [5.74, 6) is 0.552. The van der Waals surface area contributed by atoms with Gasteiger partial charge in [-0.3, -0.25) is 15.1 Å². The third-order valence-electron chi connectivity index (χ3n) is 4.54. The molecule has 0 unspecified atom stereocenters. The predicted molar refractivity (Wildman–Crippen MR) is 114 cm³/mol. The number of nitro benzene ring substituents is 1. The van der Waals surface area contributed by atoms with Crippen molar-refractivity contribution < 1.29 is 9.34 Å². The van der Waals surface area contributed by atoms with Crippen LogP contribution in [0.25, 0.3) is 28.6 Å². The van der Waals surface area contributed by atoms with E-state index in [9.17, 15) is 10.1 Å². The fraction of sp³-hybridized carbons (Fsp3) is 0.0435. The summed E-state index contributed by atoms with van der Waals surface area (Å²) in [6.07, 6.45) is 4.98. The monoisotopic (exact) mass is 383 g/mol. The standard InChI is InChI=1S/C23H17N3O3/c1-16-18(23-25-20-11-3-5-14-22(20)29-23)10-6-12-19(16)24-15-7-9-17-8-2-4-13-21(17)26(27)28/h2-15H,1H3/b9-7+,24-15?. The van der Waals surface area contributed by atoms with Gasteiger partial charge >= 0.3 is 0 Å². The quantitative estimate of drug-likeness (QED) is 0.236. The van der Waals surface area contributed by atoms with Gasteiger partial charge in [0.25, 0.3) is 5.69 Å². The third-order valence-corrected chi connectivity index (χ3v) is 4.54. The van der Waals surface area contributed by atoms with Crippen LogP contribution in [0, 0.1) is 17.0 Å². The van der Waals surface area contributed by atoms with Crippen molar-refractivity contribution in [3.8, 4) is 11.5 Å². The zero-order valence-corrected chi connectivity index (χ0v) is 15.6. The lowest BCUT2D eigenvalue weighted by atomic mass is 10.1. The Bertz CT molecular complexity index is 1220. The number of nitro groups is 1. The first-order valence-electron chi connectivity index (χ1n) is 9.03. The molecule has 0 N–H and O–H groups in total. The first-order chi connectivity index (χ1) is 14.1. The predicted octanol–water partition coefficient (Wildman–Crippen LogP) is 6.13. The molecule has 0 aliphatic heterocycles. The Morgan fingerprint density at radius 3 is 2.66 bits per heavy atom. The van der Waals surface area contributed by atoms with E-state index in [1.54, 1.807) is 36.6 Å². The maximum absolute atomic E-state index is 11.1. The Balaban J connectivity index is 1.60. The highest BCUT2D eigenvalue weighted by atomic mass is 16.6. The third kappa shape index (κ3) is 3.82. The van der Waals surface area contributed by atoms with E-state index < -0.39 is 4.92 Å². The molecule has 0 aliphatic carbocycles. The summed E-state index contributed by atoms with van der Waals surface area (Å²) >= 11 is 0. The summed E-state index contributed by atoms with van der Waals surface area (Å²) in [4.78, 5) is 19.7. The van der Waals surface area contributed by atoms with Crippen LogP contribution in [0.2, 0.25) is 0 Å². The van der Waals surface area contributed by atoms with E-state index in [-0.39, 0.29) is 5.69 Å². The van der Waals surface area contributed by atoms with Crippen LogP contribution in [0.15, 0.2) is 82.2 Å². The van der Waals surface area contributed by atoms with Crippen LogP contribution < -0.4 is 0 Å². The van der Waals surface area contributed by atoms with Gasteiger partial charge in [0.15, 0.2) is 5.58 Å². The molecule has 6 nitrogen and oxygen atoms in total. The molecule has 0 radical (unpaired) electrons. The first-order valence-corrected chi connectivity index (χ1v) is 9.03. The Labute approximate surface area is 167 Å². The van der Waals surface area contributed by atoms with Gasteiger partial charge in [0.2, 0.25) is 5.89 Å². The molecule has 0 saturated carbocycles. The average molecular weight is 383 g/mol. The van der Waals surface area contributed by atoms with Gasteiger partial charge in [-0.15, -0.1) is 0 Å². The van der Waals surface area contributed by atoms with Gasteiger partial charge in [-0.25, -0.2) is 4.98 Å². The summed E-state index contributed by atoms with van der Waals surface area (Å²) in [6.45, 7) is 1.96. The number of para-hydroxylation sites is 3. The summed E-state index contributed by atoms with van der Waals surface area (Å²) < 4.78 is 5.87. The second-order valence-corrected chi connectivity index (χ2v) is 6.39. The van der Waals surface area contributed by atoms with Crippen LogP contribution in [0.4, 0.5) is 11.4 Å². The molecule has 1 heterocycles. The van der Waals surface area contributed by atoms with Crippen LogP contribution in [-0.2, 0) is 0 Å². The van der Waals surface area contributed by atoms with Gasteiger partial charge in [0.05, 0.1) is 16.2 Å². The Morgan fingerprint density at radius 1 is 1.03 bits per heavy atom. The van der Waals surface area contributed by atoms with Crippen LogP contribution in [-0.4, -0.2) is 16.1 Å². The highest BCUT2D eigenvalue weighted by Gasteiger charge is 2.12. The molecule has 142 valence electrons. The maximum Gasteiger partial charge on any atom is 0.276 e. The van der Waals surface area contributed by atoms with Crippen LogP contribution in [0.5, 0.6) is 0 Å². The number of allylic oxidation sites excluding steroid dienone is 1. The Hall–Kier alpha value is -4.06. The van der Waals surface area contributed by atoms with E-state index in [0.29, 0.717) is 11.5 Å². The van der Waals surface area contributed by atoms with Crippen LogP contribution in [0.3, 0.4) is 0 Å². The van der Waals surface area contributed by atoms with Crippen molar-refractivity contribution in [1.82, 2.24) is 4.98 Å². The number of fused-ring (bicyclic) bond motifs is 1. The number of benzene rings is 3. The average Bonchev–Trinajstić information content (AvgIpc) is 3.16. The largest absolute Gasteiger partial charge is 0.436 e. The number of rotatable bonds is 5. The van der Waals surface area contributed by atoms with Crippen LogP contribution in [0.1, 0.15) is 11.1 Å². The minimum absolute atomic E-state index is 0.0614. The van der Waals surface area contributed by atoms with Gasteiger partial charge in [0, 0.05) is 17.8 Å². The molecule has 1 aromatic heterocycles. The summed E-state index contributed by atoms with van der Waals surface area (Å²) in [7, 11) is 0. The lowest BCUT2D eigenvalue weighted by molar-refractivity contribution is -0.385. The van der Waals surface area contributed by atoms with Gasteiger partial charge < -0.3 is 4.42 Å². The zero-order chi connectivity index (χ0) is 20.2. The second-order valence-electron chi connectivity index (χ2n) is 6.39. The van der Waals surface area contributed by atoms with Crippen molar-refractivity contribution in [3.63, 3.8) is 0 Å². The molecule has 6 heteroatoms. The molecule has 3 aromatic carbocycles. The van der Waals surface area contributed by atoms with Crippen molar-refractivity contribution in [1.29, 1.82) is 0 Å². The molecule has 0 spiro atoms. The van der Waals surface area contributed by atoms with Gasteiger partial charge in [-0.2, -0.15) is 0 Å². The molecule has 4 rings (SSSR count). The lowest BCUT2D eigenvalue weighted by Gasteiger charge is -2.04. The van der Waals surface area contributed by atoms with E-state index >= 15 is 0 Å². The molecule has 0 saturated heterocycles. The van der Waals surface area contributed by atoms with Crippen molar-refractivity contribution in [2.24, 2.45) is 4.99 Å². The molecule has 29 heavy (non-hydrogen) atoms.